The van der Waals surface area contributed by atoms with Crippen LogP contribution in [-0.4, -0.2) is 38.4 Å². The summed E-state index contributed by atoms with van der Waals surface area (Å²) in [6, 6.07) is 9.98. The summed E-state index contributed by atoms with van der Waals surface area (Å²) in [6.45, 7) is 4.81. The highest BCUT2D eigenvalue weighted by Crippen LogP contribution is 2.22. The highest BCUT2D eigenvalue weighted by atomic mass is 16.2. The predicted octanol–water partition coefficient (Wildman–Crippen LogP) is 3.48. The lowest BCUT2D eigenvalue weighted by Crippen LogP contribution is -2.39. The monoisotopic (exact) mass is 336 g/mol. The molecule has 0 radical (unpaired) electrons. The van der Waals surface area contributed by atoms with Crippen LogP contribution in [0.25, 0.3) is 10.9 Å². The van der Waals surface area contributed by atoms with Gasteiger partial charge in [-0.25, -0.2) is 4.98 Å². The average Bonchev–Trinajstić information content (AvgIpc) is 3.28. The molecule has 4 rings (SSSR count). The van der Waals surface area contributed by atoms with Crippen molar-refractivity contribution >= 4 is 16.8 Å². The maximum absolute atomic E-state index is 12.8. The Morgan fingerprint density at radius 3 is 2.84 bits per heavy atom. The highest BCUT2D eigenvalue weighted by molar-refractivity contribution is 5.98. The third kappa shape index (κ3) is 3.18. The summed E-state index contributed by atoms with van der Waals surface area (Å²) in [7, 11) is 0. The summed E-state index contributed by atoms with van der Waals surface area (Å²) in [5.41, 5.74) is 1.72. The number of hydrogen-bond donors (Lipinski definition) is 1. The molecule has 3 heterocycles. The molecule has 1 N–H and O–H groups in total. The lowest BCUT2D eigenvalue weighted by atomic mass is 9.96. The summed E-state index contributed by atoms with van der Waals surface area (Å²) in [6.07, 6.45) is 7.01. The first-order valence-electron chi connectivity index (χ1n) is 9.11. The predicted molar refractivity (Wildman–Crippen MR) is 98.5 cm³/mol. The van der Waals surface area contributed by atoms with Crippen molar-refractivity contribution in [3.63, 3.8) is 0 Å². The third-order valence-corrected chi connectivity index (χ3v) is 5.23. The SMILES string of the molecule is CCc1nccn1CC1CCN(C(=O)c2cc3ccccc3[nH]2)CC1. The minimum atomic E-state index is 0.117. The Balaban J connectivity index is 1.38. The van der Waals surface area contributed by atoms with E-state index in [9.17, 15) is 4.79 Å². The second kappa shape index (κ2) is 6.75. The van der Waals surface area contributed by atoms with Crippen molar-refractivity contribution in [3.8, 4) is 0 Å². The van der Waals surface area contributed by atoms with Crippen LogP contribution in [0.1, 0.15) is 36.1 Å². The standard InChI is InChI=1S/C20H24N4O/c1-2-19-21-9-12-24(19)14-15-7-10-23(11-8-15)20(25)18-13-16-5-3-4-6-17(16)22-18/h3-6,9,12-13,15,22H,2,7-8,10-11,14H2,1H3. The first-order chi connectivity index (χ1) is 12.2. The molecule has 1 aromatic carbocycles. The number of aryl methyl sites for hydroxylation is 1. The molecular weight excluding hydrogens is 312 g/mol. The first-order valence-corrected chi connectivity index (χ1v) is 9.11. The average molecular weight is 336 g/mol. The lowest BCUT2D eigenvalue weighted by Gasteiger charge is -2.32. The summed E-state index contributed by atoms with van der Waals surface area (Å²) >= 11 is 0. The lowest BCUT2D eigenvalue weighted by molar-refractivity contribution is 0.0677. The molecule has 130 valence electrons. The van der Waals surface area contributed by atoms with Crippen LogP contribution in [0.2, 0.25) is 0 Å². The second-order valence-electron chi connectivity index (χ2n) is 6.86. The molecule has 1 fully saturated rings. The summed E-state index contributed by atoms with van der Waals surface area (Å²) in [4.78, 5) is 22.4. The molecule has 5 nitrogen and oxygen atoms in total. The van der Waals surface area contributed by atoms with E-state index in [-0.39, 0.29) is 5.91 Å². The number of amides is 1. The first kappa shape index (κ1) is 15.9. The molecule has 0 bridgehead atoms. The van der Waals surface area contributed by atoms with Gasteiger partial charge in [-0.3, -0.25) is 4.79 Å². The van der Waals surface area contributed by atoms with Crippen LogP contribution >= 0.6 is 0 Å². The maximum atomic E-state index is 12.8. The van der Waals surface area contributed by atoms with E-state index in [1.54, 1.807) is 0 Å². The molecule has 2 aromatic heterocycles. The minimum Gasteiger partial charge on any atom is -0.351 e. The van der Waals surface area contributed by atoms with Crippen molar-refractivity contribution in [2.75, 3.05) is 13.1 Å². The summed E-state index contributed by atoms with van der Waals surface area (Å²) in [5.74, 6) is 1.88. The fourth-order valence-corrected chi connectivity index (χ4v) is 3.78. The summed E-state index contributed by atoms with van der Waals surface area (Å²) in [5, 5.41) is 1.09. The van der Waals surface area contributed by atoms with Crippen molar-refractivity contribution in [3.05, 3.63) is 54.2 Å². The number of carbonyl (C=O) groups excluding carboxylic acids is 1. The molecule has 3 aromatic rings. The van der Waals surface area contributed by atoms with Crippen LogP contribution in [0.3, 0.4) is 0 Å². The number of nitrogens with one attached hydrogen (secondary N) is 1. The molecule has 0 spiro atoms. The Kier molecular flexibility index (Phi) is 4.30. The molecule has 1 amide bonds. The van der Waals surface area contributed by atoms with Gasteiger partial charge in [0, 0.05) is 49.4 Å². The quantitative estimate of drug-likeness (QED) is 0.793. The van der Waals surface area contributed by atoms with Gasteiger partial charge in [0.15, 0.2) is 0 Å². The zero-order chi connectivity index (χ0) is 17.2. The van der Waals surface area contributed by atoms with Crippen LogP contribution in [0.15, 0.2) is 42.7 Å². The molecule has 5 heteroatoms. The number of likely N-dealkylation sites (tertiary alicyclic amines) is 1. The van der Waals surface area contributed by atoms with Gasteiger partial charge in [-0.15, -0.1) is 0 Å². The van der Waals surface area contributed by atoms with Crippen LogP contribution in [0, 0.1) is 5.92 Å². The number of nitrogens with zero attached hydrogens (tertiary/aromatic N) is 3. The number of para-hydroxylation sites is 1. The third-order valence-electron chi connectivity index (χ3n) is 5.23. The van der Waals surface area contributed by atoms with Gasteiger partial charge in [0.2, 0.25) is 0 Å². The van der Waals surface area contributed by atoms with Crippen molar-refractivity contribution in [2.45, 2.75) is 32.7 Å². The molecule has 1 aliphatic rings. The van der Waals surface area contributed by atoms with Gasteiger partial charge >= 0.3 is 0 Å². The van der Waals surface area contributed by atoms with E-state index in [4.69, 9.17) is 0 Å². The zero-order valence-electron chi connectivity index (χ0n) is 14.6. The van der Waals surface area contributed by atoms with Crippen molar-refractivity contribution in [2.24, 2.45) is 5.92 Å². The minimum absolute atomic E-state index is 0.117. The van der Waals surface area contributed by atoms with E-state index in [0.29, 0.717) is 11.6 Å². The van der Waals surface area contributed by atoms with Gasteiger partial charge in [0.25, 0.3) is 5.91 Å². The fraction of sp³-hybridized carbons (Fsp3) is 0.400. The van der Waals surface area contributed by atoms with Crippen molar-refractivity contribution in [1.29, 1.82) is 0 Å². The molecule has 1 saturated heterocycles. The van der Waals surface area contributed by atoms with E-state index in [2.05, 4.69) is 27.7 Å². The number of carbonyl (C=O) groups is 1. The van der Waals surface area contributed by atoms with Gasteiger partial charge in [-0.1, -0.05) is 25.1 Å². The number of fused-ring (bicyclic) bond motifs is 1. The molecular formula is C20H24N4O. The van der Waals surface area contributed by atoms with Crippen LogP contribution < -0.4 is 0 Å². The van der Waals surface area contributed by atoms with Gasteiger partial charge in [0.1, 0.15) is 11.5 Å². The number of aromatic nitrogens is 3. The smallest absolute Gasteiger partial charge is 0.270 e. The van der Waals surface area contributed by atoms with E-state index in [0.717, 1.165) is 55.6 Å². The Bertz CT molecular complexity index is 838. The molecule has 0 unspecified atom stereocenters. The Hall–Kier alpha value is -2.56. The summed E-state index contributed by atoms with van der Waals surface area (Å²) < 4.78 is 2.26. The van der Waals surface area contributed by atoms with Crippen LogP contribution in [0.5, 0.6) is 0 Å². The number of imidazole rings is 1. The van der Waals surface area contributed by atoms with Crippen LogP contribution in [-0.2, 0) is 13.0 Å². The fourth-order valence-electron chi connectivity index (χ4n) is 3.78. The van der Waals surface area contributed by atoms with Crippen molar-refractivity contribution < 1.29 is 4.79 Å². The van der Waals surface area contributed by atoms with Gasteiger partial charge < -0.3 is 14.5 Å². The number of rotatable bonds is 4. The second-order valence-corrected chi connectivity index (χ2v) is 6.86. The van der Waals surface area contributed by atoms with E-state index >= 15 is 0 Å². The Labute approximate surface area is 147 Å². The number of hydrogen-bond acceptors (Lipinski definition) is 2. The zero-order valence-corrected chi connectivity index (χ0v) is 14.6. The Morgan fingerprint density at radius 1 is 1.28 bits per heavy atom. The number of aromatic amines is 1. The topological polar surface area (TPSA) is 53.9 Å². The van der Waals surface area contributed by atoms with Gasteiger partial charge in [-0.05, 0) is 30.9 Å². The van der Waals surface area contributed by atoms with E-state index < -0.39 is 0 Å². The maximum Gasteiger partial charge on any atom is 0.270 e. The van der Waals surface area contributed by atoms with Crippen LogP contribution in [0.4, 0.5) is 0 Å². The van der Waals surface area contributed by atoms with E-state index in [1.165, 1.54) is 0 Å². The number of piperidine rings is 1. The molecule has 1 aliphatic heterocycles. The molecule has 0 aliphatic carbocycles. The van der Waals surface area contributed by atoms with E-state index in [1.807, 2.05) is 41.4 Å². The number of H-pyrrole nitrogens is 1. The number of benzene rings is 1. The largest absolute Gasteiger partial charge is 0.351 e. The highest BCUT2D eigenvalue weighted by Gasteiger charge is 2.25. The molecule has 0 atom stereocenters. The van der Waals surface area contributed by atoms with Crippen molar-refractivity contribution in [1.82, 2.24) is 19.4 Å². The molecule has 25 heavy (non-hydrogen) atoms. The Morgan fingerprint density at radius 2 is 2.08 bits per heavy atom. The van der Waals surface area contributed by atoms with Gasteiger partial charge in [-0.2, -0.15) is 0 Å². The normalized spacial score (nSPS) is 15.8. The molecule has 0 saturated carbocycles. The van der Waals surface area contributed by atoms with Gasteiger partial charge in [0.05, 0.1) is 0 Å².